The van der Waals surface area contributed by atoms with Crippen molar-refractivity contribution < 1.29 is 23.2 Å². The first-order chi connectivity index (χ1) is 17.8. The Balaban J connectivity index is 1.49. The number of amides is 1. The van der Waals surface area contributed by atoms with Crippen LogP contribution in [-0.2, 0) is 16.0 Å². The van der Waals surface area contributed by atoms with E-state index in [4.69, 9.17) is 16.3 Å². The zero-order chi connectivity index (χ0) is 26.1. The van der Waals surface area contributed by atoms with Crippen LogP contribution in [-0.4, -0.2) is 38.7 Å². The molecule has 1 aliphatic rings. The van der Waals surface area contributed by atoms with Crippen molar-refractivity contribution in [1.82, 2.24) is 14.7 Å². The van der Waals surface area contributed by atoms with E-state index >= 15 is 0 Å². The van der Waals surface area contributed by atoms with E-state index in [0.29, 0.717) is 28.9 Å². The van der Waals surface area contributed by atoms with E-state index in [-0.39, 0.29) is 29.8 Å². The SMILES string of the molecule is O=C1COC(c2cn(-c3ccc(Cl)c(F)c3)nc2-c2ccc(F)cc2)N1CCc1ccc([N+](=O)[O-])cc1. The number of hydrogen-bond donors (Lipinski definition) is 0. The number of nitro benzene ring substituents is 1. The van der Waals surface area contributed by atoms with Crippen molar-refractivity contribution in [2.75, 3.05) is 13.2 Å². The highest BCUT2D eigenvalue weighted by Crippen LogP contribution is 2.35. The van der Waals surface area contributed by atoms with Gasteiger partial charge in [-0.1, -0.05) is 23.7 Å². The Labute approximate surface area is 214 Å². The number of halogens is 3. The van der Waals surface area contributed by atoms with Crippen LogP contribution in [0.5, 0.6) is 0 Å². The summed E-state index contributed by atoms with van der Waals surface area (Å²) in [6, 6.07) is 16.1. The molecule has 1 fully saturated rings. The summed E-state index contributed by atoms with van der Waals surface area (Å²) in [6.45, 7) is 0.138. The minimum absolute atomic E-state index is 0.0165. The molecule has 0 radical (unpaired) electrons. The lowest BCUT2D eigenvalue weighted by molar-refractivity contribution is -0.384. The molecule has 0 N–H and O–H groups in total. The lowest BCUT2D eigenvalue weighted by Crippen LogP contribution is -2.30. The number of aromatic nitrogens is 2. The average molecular weight is 525 g/mol. The van der Waals surface area contributed by atoms with Crippen molar-refractivity contribution in [1.29, 1.82) is 0 Å². The third-order valence-corrected chi connectivity index (χ3v) is 6.36. The second kappa shape index (κ2) is 10.1. The molecule has 1 atom stereocenters. The molecule has 1 aliphatic heterocycles. The molecule has 1 saturated heterocycles. The normalized spacial score (nSPS) is 15.4. The third kappa shape index (κ3) is 5.07. The highest BCUT2D eigenvalue weighted by molar-refractivity contribution is 6.30. The fourth-order valence-electron chi connectivity index (χ4n) is 4.15. The van der Waals surface area contributed by atoms with Gasteiger partial charge < -0.3 is 9.64 Å². The molecule has 1 unspecified atom stereocenters. The quantitative estimate of drug-likeness (QED) is 0.236. The summed E-state index contributed by atoms with van der Waals surface area (Å²) in [5.74, 6) is -1.26. The average Bonchev–Trinajstić information content (AvgIpc) is 3.48. The van der Waals surface area contributed by atoms with Gasteiger partial charge in [0.05, 0.1) is 15.6 Å². The summed E-state index contributed by atoms with van der Waals surface area (Å²) < 4.78 is 35.1. The largest absolute Gasteiger partial charge is 0.344 e. The predicted molar refractivity (Wildman–Crippen MR) is 131 cm³/mol. The van der Waals surface area contributed by atoms with E-state index in [9.17, 15) is 23.7 Å². The van der Waals surface area contributed by atoms with Crippen LogP contribution in [0.25, 0.3) is 16.9 Å². The molecule has 2 heterocycles. The number of ether oxygens (including phenoxy) is 1. The number of nitro groups is 1. The van der Waals surface area contributed by atoms with Crippen molar-refractivity contribution in [3.63, 3.8) is 0 Å². The van der Waals surface area contributed by atoms with Crippen LogP contribution in [0.2, 0.25) is 5.02 Å². The predicted octanol–water partition coefficient (Wildman–Crippen LogP) is 5.48. The maximum atomic E-state index is 14.2. The zero-order valence-electron chi connectivity index (χ0n) is 19.2. The number of benzene rings is 3. The number of hydrogen-bond acceptors (Lipinski definition) is 5. The molecule has 1 aromatic heterocycles. The molecule has 3 aromatic carbocycles. The van der Waals surface area contributed by atoms with Crippen LogP contribution < -0.4 is 0 Å². The molecular formula is C26H19ClF2N4O4. The van der Waals surface area contributed by atoms with Crippen LogP contribution in [0.15, 0.2) is 72.9 Å². The summed E-state index contributed by atoms with van der Waals surface area (Å²) >= 11 is 5.83. The number of non-ortho nitro benzene ring substituents is 1. The van der Waals surface area contributed by atoms with Crippen molar-refractivity contribution in [2.24, 2.45) is 0 Å². The van der Waals surface area contributed by atoms with E-state index in [1.807, 2.05) is 0 Å². The molecule has 8 nitrogen and oxygen atoms in total. The standard InChI is InChI=1S/C26H19ClF2N4O4/c27-22-10-9-20(13-23(22)29)32-14-21(25(30-32)17-3-5-18(28)6-4-17)26-31(24(34)15-37-26)12-11-16-1-7-19(8-2-16)33(35)36/h1-10,13-14,26H,11-12,15H2. The number of nitrogens with zero attached hydrogens (tertiary/aromatic N) is 4. The smallest absolute Gasteiger partial charge is 0.269 e. The van der Waals surface area contributed by atoms with E-state index < -0.39 is 22.8 Å². The lowest BCUT2D eigenvalue weighted by atomic mass is 10.1. The van der Waals surface area contributed by atoms with Gasteiger partial charge in [0.25, 0.3) is 11.6 Å². The van der Waals surface area contributed by atoms with Crippen LogP contribution in [0.1, 0.15) is 17.4 Å². The van der Waals surface area contributed by atoms with E-state index in [1.165, 1.54) is 41.1 Å². The minimum Gasteiger partial charge on any atom is -0.344 e. The van der Waals surface area contributed by atoms with Crippen LogP contribution in [0.4, 0.5) is 14.5 Å². The molecule has 37 heavy (non-hydrogen) atoms. The van der Waals surface area contributed by atoms with Crippen molar-refractivity contribution in [2.45, 2.75) is 12.6 Å². The molecule has 4 aromatic rings. The Hall–Kier alpha value is -4.15. The summed E-state index contributed by atoms with van der Waals surface area (Å²) in [5, 5.41) is 15.5. The highest BCUT2D eigenvalue weighted by Gasteiger charge is 2.36. The van der Waals surface area contributed by atoms with Gasteiger partial charge in [0.1, 0.15) is 23.9 Å². The van der Waals surface area contributed by atoms with E-state index in [2.05, 4.69) is 5.10 Å². The maximum Gasteiger partial charge on any atom is 0.269 e. The molecule has 11 heteroatoms. The monoisotopic (exact) mass is 524 g/mol. The summed E-state index contributed by atoms with van der Waals surface area (Å²) in [5.41, 5.74) is 2.76. The molecule has 0 aliphatic carbocycles. The first-order valence-electron chi connectivity index (χ1n) is 11.3. The fourth-order valence-corrected chi connectivity index (χ4v) is 4.26. The Morgan fingerprint density at radius 2 is 1.81 bits per heavy atom. The topological polar surface area (TPSA) is 90.5 Å². The number of rotatable bonds is 7. The number of carbonyl (C=O) groups is 1. The van der Waals surface area contributed by atoms with Crippen molar-refractivity contribution in [3.8, 4) is 16.9 Å². The first-order valence-corrected chi connectivity index (χ1v) is 11.6. The van der Waals surface area contributed by atoms with Gasteiger partial charge in [0.15, 0.2) is 6.23 Å². The van der Waals surface area contributed by atoms with Crippen LogP contribution in [0.3, 0.4) is 0 Å². The summed E-state index contributed by atoms with van der Waals surface area (Å²) in [6.07, 6.45) is 1.28. The molecule has 1 amide bonds. The van der Waals surface area contributed by atoms with Gasteiger partial charge >= 0.3 is 0 Å². The highest BCUT2D eigenvalue weighted by atomic mass is 35.5. The molecule has 0 saturated carbocycles. The van der Waals surface area contributed by atoms with Crippen molar-refractivity contribution in [3.05, 3.63) is 111 Å². The van der Waals surface area contributed by atoms with E-state index in [1.54, 1.807) is 41.4 Å². The molecular weight excluding hydrogens is 506 g/mol. The first kappa shape index (κ1) is 24.5. The molecule has 0 bridgehead atoms. The molecule has 5 rings (SSSR count). The van der Waals surface area contributed by atoms with Gasteiger partial charge in [-0.15, -0.1) is 0 Å². The van der Waals surface area contributed by atoms with E-state index in [0.717, 1.165) is 5.56 Å². The van der Waals surface area contributed by atoms with Crippen molar-refractivity contribution >= 4 is 23.2 Å². The second-order valence-electron chi connectivity index (χ2n) is 8.41. The minimum atomic E-state index is -0.795. The fraction of sp³-hybridized carbons (Fsp3) is 0.154. The Kier molecular flexibility index (Phi) is 6.68. The van der Waals surface area contributed by atoms with Gasteiger partial charge in [-0.2, -0.15) is 5.10 Å². The van der Waals surface area contributed by atoms with Gasteiger partial charge in [0.2, 0.25) is 0 Å². The van der Waals surface area contributed by atoms with Gasteiger partial charge in [-0.3, -0.25) is 14.9 Å². The molecule has 0 spiro atoms. The van der Waals surface area contributed by atoms with Crippen LogP contribution in [0, 0.1) is 21.7 Å². The van der Waals surface area contributed by atoms with Gasteiger partial charge in [0, 0.05) is 42.1 Å². The third-order valence-electron chi connectivity index (χ3n) is 6.05. The van der Waals surface area contributed by atoms with Crippen LogP contribution >= 0.6 is 11.6 Å². The lowest BCUT2D eigenvalue weighted by Gasteiger charge is -2.23. The molecule has 188 valence electrons. The van der Waals surface area contributed by atoms with Gasteiger partial charge in [-0.05, 0) is 48.4 Å². The maximum absolute atomic E-state index is 14.2. The Morgan fingerprint density at radius 3 is 2.49 bits per heavy atom. The summed E-state index contributed by atoms with van der Waals surface area (Å²) in [7, 11) is 0. The summed E-state index contributed by atoms with van der Waals surface area (Å²) in [4.78, 5) is 24.7. The zero-order valence-corrected chi connectivity index (χ0v) is 19.9. The second-order valence-corrected chi connectivity index (χ2v) is 8.81. The Bertz CT molecular complexity index is 1480. The van der Waals surface area contributed by atoms with Gasteiger partial charge in [-0.25, -0.2) is 13.5 Å². The number of carbonyl (C=O) groups excluding carboxylic acids is 1. The Morgan fingerprint density at radius 1 is 1.08 bits per heavy atom.